The van der Waals surface area contributed by atoms with Crippen molar-refractivity contribution in [2.24, 2.45) is 5.92 Å². The van der Waals surface area contributed by atoms with Gasteiger partial charge in [-0.1, -0.05) is 36.4 Å². The molecule has 3 aromatic rings. The Balaban J connectivity index is 1.46. The van der Waals surface area contributed by atoms with Crippen LogP contribution in [0.3, 0.4) is 0 Å². The number of benzene rings is 2. The Morgan fingerprint density at radius 3 is 2.89 bits per heavy atom. The number of pyridine rings is 1. The van der Waals surface area contributed by atoms with E-state index in [0.29, 0.717) is 19.0 Å². The summed E-state index contributed by atoms with van der Waals surface area (Å²) in [6.07, 6.45) is 1.86. The fraction of sp³-hybridized carbons (Fsp3) is 0.227. The summed E-state index contributed by atoms with van der Waals surface area (Å²) in [6.45, 7) is 0.759. The highest BCUT2D eigenvalue weighted by Gasteiger charge is 2.35. The largest absolute Gasteiger partial charge is 0.481 e. The minimum absolute atomic E-state index is 0.0258. The van der Waals surface area contributed by atoms with E-state index < -0.39 is 0 Å². The van der Waals surface area contributed by atoms with Crippen LogP contribution in [0.2, 0.25) is 0 Å². The molecule has 2 heterocycles. The van der Waals surface area contributed by atoms with Crippen molar-refractivity contribution in [3.63, 3.8) is 0 Å². The number of ether oxygens (including phenoxy) is 1. The molecule has 0 bridgehead atoms. The molecule has 2 amide bonds. The van der Waals surface area contributed by atoms with Gasteiger partial charge in [0.2, 0.25) is 17.7 Å². The van der Waals surface area contributed by atoms with Gasteiger partial charge >= 0.3 is 0 Å². The number of methoxy groups -OCH3 is 1. The molecule has 0 spiro atoms. The molecule has 6 nitrogen and oxygen atoms in total. The molecule has 0 radical (unpaired) electrons. The van der Waals surface area contributed by atoms with E-state index in [1.54, 1.807) is 24.3 Å². The van der Waals surface area contributed by atoms with E-state index >= 15 is 0 Å². The lowest BCUT2D eigenvalue weighted by atomic mass is 10.1. The number of anilines is 1. The summed E-state index contributed by atoms with van der Waals surface area (Å²) >= 11 is 0. The van der Waals surface area contributed by atoms with Crippen LogP contribution in [0.5, 0.6) is 5.88 Å². The maximum Gasteiger partial charge on any atom is 0.227 e. The molecular formula is C22H21N3O3. The summed E-state index contributed by atoms with van der Waals surface area (Å²) in [4.78, 5) is 31.0. The summed E-state index contributed by atoms with van der Waals surface area (Å²) in [5.41, 5.74) is 1.76. The third kappa shape index (κ3) is 3.53. The van der Waals surface area contributed by atoms with E-state index in [0.717, 1.165) is 22.0 Å². The molecule has 0 saturated carbocycles. The monoisotopic (exact) mass is 375 g/mol. The van der Waals surface area contributed by atoms with Crippen LogP contribution in [-0.2, 0) is 16.1 Å². The van der Waals surface area contributed by atoms with Gasteiger partial charge in [0.15, 0.2) is 0 Å². The van der Waals surface area contributed by atoms with Crippen molar-refractivity contribution in [3.8, 4) is 5.88 Å². The van der Waals surface area contributed by atoms with Crippen molar-refractivity contribution in [2.45, 2.75) is 13.0 Å². The van der Waals surface area contributed by atoms with Crippen LogP contribution in [0.15, 0.2) is 60.8 Å². The molecule has 1 aromatic heterocycles. The zero-order chi connectivity index (χ0) is 19.5. The molecule has 1 aliphatic heterocycles. The van der Waals surface area contributed by atoms with Crippen LogP contribution in [0.4, 0.5) is 5.69 Å². The summed E-state index contributed by atoms with van der Waals surface area (Å²) in [5, 5.41) is 5.01. The van der Waals surface area contributed by atoms with Crippen molar-refractivity contribution in [1.29, 1.82) is 0 Å². The highest BCUT2D eigenvalue weighted by molar-refractivity contribution is 6.06. The third-order valence-electron chi connectivity index (χ3n) is 5.03. The first-order chi connectivity index (χ1) is 13.7. The van der Waals surface area contributed by atoms with Crippen LogP contribution < -0.4 is 15.0 Å². The Hall–Kier alpha value is -3.41. The summed E-state index contributed by atoms with van der Waals surface area (Å²) in [7, 11) is 1.55. The van der Waals surface area contributed by atoms with Crippen LogP contribution >= 0.6 is 0 Å². The number of fused-ring (bicyclic) bond motifs is 1. The Kier molecular flexibility index (Phi) is 4.93. The second kappa shape index (κ2) is 7.68. The van der Waals surface area contributed by atoms with Gasteiger partial charge in [0.25, 0.3) is 0 Å². The van der Waals surface area contributed by atoms with Gasteiger partial charge in [0, 0.05) is 37.2 Å². The van der Waals surface area contributed by atoms with Crippen LogP contribution in [0.1, 0.15) is 12.0 Å². The van der Waals surface area contributed by atoms with Gasteiger partial charge in [-0.2, -0.15) is 0 Å². The van der Waals surface area contributed by atoms with Crippen LogP contribution in [0, 0.1) is 5.92 Å². The second-order valence-electron chi connectivity index (χ2n) is 6.83. The predicted molar refractivity (Wildman–Crippen MR) is 107 cm³/mol. The minimum Gasteiger partial charge on any atom is -0.481 e. The van der Waals surface area contributed by atoms with Crippen molar-refractivity contribution >= 4 is 28.3 Å². The van der Waals surface area contributed by atoms with Gasteiger partial charge < -0.3 is 15.0 Å². The molecule has 2 aromatic carbocycles. The Morgan fingerprint density at radius 2 is 2.04 bits per heavy atom. The van der Waals surface area contributed by atoms with Crippen molar-refractivity contribution in [3.05, 3.63) is 66.4 Å². The number of carbonyl (C=O) groups is 2. The fourth-order valence-corrected chi connectivity index (χ4v) is 3.57. The van der Waals surface area contributed by atoms with E-state index in [1.165, 1.54) is 0 Å². The van der Waals surface area contributed by atoms with E-state index in [9.17, 15) is 9.59 Å². The molecule has 1 atom stereocenters. The van der Waals surface area contributed by atoms with Crippen LogP contribution in [-0.4, -0.2) is 30.5 Å². The first-order valence-corrected chi connectivity index (χ1v) is 9.20. The molecule has 6 heteroatoms. The smallest absolute Gasteiger partial charge is 0.227 e. The van der Waals surface area contributed by atoms with Gasteiger partial charge in [0.05, 0.1) is 18.7 Å². The quantitative estimate of drug-likeness (QED) is 0.744. The highest BCUT2D eigenvalue weighted by Crippen LogP contribution is 2.31. The number of rotatable bonds is 5. The number of hydrogen-bond acceptors (Lipinski definition) is 4. The average molecular weight is 375 g/mol. The van der Waals surface area contributed by atoms with Gasteiger partial charge in [-0.25, -0.2) is 4.98 Å². The molecule has 0 unspecified atom stereocenters. The van der Waals surface area contributed by atoms with Crippen molar-refractivity contribution in [1.82, 2.24) is 10.3 Å². The predicted octanol–water partition coefficient (Wildman–Crippen LogP) is 2.91. The molecule has 1 N–H and O–H groups in total. The number of nitrogens with one attached hydrogen (secondary N) is 1. The van der Waals surface area contributed by atoms with E-state index in [-0.39, 0.29) is 24.2 Å². The van der Waals surface area contributed by atoms with Crippen molar-refractivity contribution < 1.29 is 14.3 Å². The maximum absolute atomic E-state index is 12.6. The van der Waals surface area contributed by atoms with E-state index in [2.05, 4.69) is 10.3 Å². The zero-order valence-corrected chi connectivity index (χ0v) is 15.6. The summed E-state index contributed by atoms with van der Waals surface area (Å²) in [5.74, 6) is -0.00549. The molecule has 1 saturated heterocycles. The topological polar surface area (TPSA) is 71.5 Å². The molecule has 0 aliphatic carbocycles. The van der Waals surface area contributed by atoms with E-state index in [4.69, 9.17) is 4.74 Å². The number of nitrogens with zero attached hydrogens (tertiary/aromatic N) is 2. The highest BCUT2D eigenvalue weighted by atomic mass is 16.5. The third-order valence-corrected chi connectivity index (χ3v) is 5.03. The molecular weight excluding hydrogens is 354 g/mol. The fourth-order valence-electron chi connectivity index (χ4n) is 3.57. The minimum atomic E-state index is -0.366. The number of aromatic nitrogens is 1. The lowest BCUT2D eigenvalue weighted by molar-refractivity contribution is -0.126. The van der Waals surface area contributed by atoms with Gasteiger partial charge in [-0.15, -0.1) is 0 Å². The zero-order valence-electron chi connectivity index (χ0n) is 15.6. The van der Waals surface area contributed by atoms with Gasteiger partial charge in [0.1, 0.15) is 0 Å². The molecule has 28 heavy (non-hydrogen) atoms. The Morgan fingerprint density at radius 1 is 1.21 bits per heavy atom. The maximum atomic E-state index is 12.6. The SMILES string of the molecule is COc1cc(CNC(=O)[C@H]2CC(=O)N(c3cccc4ccccc34)C2)ccn1. The van der Waals surface area contributed by atoms with Gasteiger partial charge in [-0.05, 0) is 23.1 Å². The number of amides is 2. The Labute approximate surface area is 163 Å². The average Bonchev–Trinajstić information content (AvgIpc) is 3.13. The number of carbonyl (C=O) groups excluding carboxylic acids is 2. The van der Waals surface area contributed by atoms with Crippen molar-refractivity contribution in [2.75, 3.05) is 18.6 Å². The lowest BCUT2D eigenvalue weighted by Gasteiger charge is -2.19. The molecule has 1 aliphatic rings. The van der Waals surface area contributed by atoms with Crippen LogP contribution in [0.25, 0.3) is 10.8 Å². The summed E-state index contributed by atoms with van der Waals surface area (Å²) in [6, 6.07) is 17.5. The Bertz CT molecular complexity index is 1030. The first kappa shape index (κ1) is 18.0. The second-order valence-corrected chi connectivity index (χ2v) is 6.83. The lowest BCUT2D eigenvalue weighted by Crippen LogP contribution is -2.32. The normalized spacial score (nSPS) is 16.4. The standard InChI is InChI=1S/C22H21N3O3/c1-28-20-11-15(9-10-23-20)13-24-22(27)17-12-21(26)25(14-17)19-8-4-6-16-5-2-3-7-18(16)19/h2-11,17H,12-14H2,1H3,(H,24,27)/t17-/m0/s1. The molecule has 4 rings (SSSR count). The summed E-state index contributed by atoms with van der Waals surface area (Å²) < 4.78 is 5.10. The van der Waals surface area contributed by atoms with Gasteiger partial charge in [-0.3, -0.25) is 9.59 Å². The first-order valence-electron chi connectivity index (χ1n) is 9.20. The van der Waals surface area contributed by atoms with E-state index in [1.807, 2.05) is 48.5 Å². The molecule has 142 valence electrons. The number of hydrogen-bond donors (Lipinski definition) is 1. The molecule has 1 fully saturated rings.